The quantitative estimate of drug-likeness (QED) is 0.597. The molecule has 0 aromatic heterocycles. The van der Waals surface area contributed by atoms with Crippen LogP contribution in [0.5, 0.6) is 0 Å². The molecule has 0 amide bonds. The van der Waals surface area contributed by atoms with E-state index in [0.717, 1.165) is 12.8 Å². The van der Waals surface area contributed by atoms with Gasteiger partial charge in [0.05, 0.1) is 18.6 Å². The van der Waals surface area contributed by atoms with Gasteiger partial charge in [-0.15, -0.1) is 0 Å². The van der Waals surface area contributed by atoms with Crippen molar-refractivity contribution in [1.29, 1.82) is 5.26 Å². The highest BCUT2D eigenvalue weighted by Gasteiger charge is 2.20. The lowest BCUT2D eigenvalue weighted by molar-refractivity contribution is -0.148. The predicted octanol–water partition coefficient (Wildman–Crippen LogP) is 2.28. The summed E-state index contributed by atoms with van der Waals surface area (Å²) in [5.41, 5.74) is 0. The van der Waals surface area contributed by atoms with Crippen LogP contribution in [0.3, 0.4) is 0 Å². The number of rotatable bonds is 8. The van der Waals surface area contributed by atoms with E-state index in [0.29, 0.717) is 19.4 Å². The summed E-state index contributed by atoms with van der Waals surface area (Å²) in [6, 6.07) is 2.05. The SMILES string of the molecule is CCCC(CCC(C#N)OC)C(=O)OCC. The Morgan fingerprint density at radius 3 is 2.44 bits per heavy atom. The Labute approximate surface area is 97.5 Å². The number of hydrogen-bond acceptors (Lipinski definition) is 4. The van der Waals surface area contributed by atoms with Crippen molar-refractivity contribution < 1.29 is 14.3 Å². The molecular formula is C12H21NO3. The molecular weight excluding hydrogens is 206 g/mol. The maximum absolute atomic E-state index is 11.6. The third kappa shape index (κ3) is 5.72. The van der Waals surface area contributed by atoms with Crippen molar-refractivity contribution in [2.24, 2.45) is 5.92 Å². The molecule has 0 rings (SSSR count). The van der Waals surface area contributed by atoms with E-state index in [4.69, 9.17) is 14.7 Å². The zero-order valence-electron chi connectivity index (χ0n) is 10.4. The fourth-order valence-electron chi connectivity index (χ4n) is 1.58. The van der Waals surface area contributed by atoms with E-state index >= 15 is 0 Å². The molecule has 0 saturated heterocycles. The number of hydrogen-bond donors (Lipinski definition) is 0. The summed E-state index contributed by atoms with van der Waals surface area (Å²) >= 11 is 0. The molecule has 0 N–H and O–H groups in total. The van der Waals surface area contributed by atoms with E-state index in [1.807, 2.05) is 13.0 Å². The van der Waals surface area contributed by atoms with E-state index in [-0.39, 0.29) is 11.9 Å². The van der Waals surface area contributed by atoms with Gasteiger partial charge < -0.3 is 9.47 Å². The van der Waals surface area contributed by atoms with Crippen LogP contribution in [-0.2, 0) is 14.3 Å². The van der Waals surface area contributed by atoms with Gasteiger partial charge in [-0.3, -0.25) is 4.79 Å². The highest BCUT2D eigenvalue weighted by atomic mass is 16.5. The lowest BCUT2D eigenvalue weighted by Gasteiger charge is -2.15. The molecule has 0 spiro atoms. The Hall–Kier alpha value is -1.08. The van der Waals surface area contributed by atoms with Gasteiger partial charge in [-0.05, 0) is 26.2 Å². The molecule has 92 valence electrons. The van der Waals surface area contributed by atoms with Crippen molar-refractivity contribution in [3.05, 3.63) is 0 Å². The van der Waals surface area contributed by atoms with E-state index in [1.54, 1.807) is 6.92 Å². The third-order valence-corrected chi connectivity index (χ3v) is 2.46. The van der Waals surface area contributed by atoms with Crippen LogP contribution in [0.4, 0.5) is 0 Å². The van der Waals surface area contributed by atoms with E-state index in [9.17, 15) is 4.79 Å². The number of esters is 1. The minimum Gasteiger partial charge on any atom is -0.466 e. The van der Waals surface area contributed by atoms with Gasteiger partial charge in [-0.1, -0.05) is 13.3 Å². The number of carbonyl (C=O) groups is 1. The number of nitriles is 1. The first-order valence-electron chi connectivity index (χ1n) is 5.78. The summed E-state index contributed by atoms with van der Waals surface area (Å²) in [4.78, 5) is 11.6. The summed E-state index contributed by atoms with van der Waals surface area (Å²) in [6.07, 6.45) is 2.55. The van der Waals surface area contributed by atoms with Gasteiger partial charge in [0.25, 0.3) is 0 Å². The average Bonchev–Trinajstić information content (AvgIpc) is 2.29. The van der Waals surface area contributed by atoms with Crippen LogP contribution in [0.25, 0.3) is 0 Å². The first-order chi connectivity index (χ1) is 7.69. The lowest BCUT2D eigenvalue weighted by Crippen LogP contribution is -2.20. The minimum absolute atomic E-state index is 0.101. The summed E-state index contributed by atoms with van der Waals surface area (Å²) in [5, 5.41) is 8.72. The predicted molar refractivity (Wildman–Crippen MR) is 60.7 cm³/mol. The molecule has 0 fully saturated rings. The van der Waals surface area contributed by atoms with Crippen molar-refractivity contribution >= 4 is 5.97 Å². The van der Waals surface area contributed by atoms with Gasteiger partial charge in [0.1, 0.15) is 6.10 Å². The summed E-state index contributed by atoms with van der Waals surface area (Å²) in [5.74, 6) is -0.256. The Balaban J connectivity index is 4.12. The Bertz CT molecular complexity index is 235. The number of ether oxygens (including phenoxy) is 2. The first kappa shape index (κ1) is 14.9. The third-order valence-electron chi connectivity index (χ3n) is 2.46. The molecule has 0 aliphatic rings. The van der Waals surface area contributed by atoms with Crippen LogP contribution >= 0.6 is 0 Å². The van der Waals surface area contributed by atoms with Crippen LogP contribution in [-0.4, -0.2) is 25.8 Å². The second kappa shape index (κ2) is 9.17. The molecule has 2 unspecified atom stereocenters. The molecule has 16 heavy (non-hydrogen) atoms. The fraction of sp³-hybridized carbons (Fsp3) is 0.833. The van der Waals surface area contributed by atoms with Crippen molar-refractivity contribution in [2.45, 2.75) is 45.6 Å². The zero-order chi connectivity index (χ0) is 12.4. The average molecular weight is 227 g/mol. The van der Waals surface area contributed by atoms with Gasteiger partial charge in [0.15, 0.2) is 0 Å². The van der Waals surface area contributed by atoms with Gasteiger partial charge >= 0.3 is 5.97 Å². The molecule has 0 saturated carbocycles. The lowest BCUT2D eigenvalue weighted by atomic mass is 9.96. The number of carbonyl (C=O) groups excluding carboxylic acids is 1. The topological polar surface area (TPSA) is 59.3 Å². The smallest absolute Gasteiger partial charge is 0.308 e. The van der Waals surface area contributed by atoms with Crippen molar-refractivity contribution in [3.63, 3.8) is 0 Å². The van der Waals surface area contributed by atoms with E-state index in [1.165, 1.54) is 7.11 Å². The van der Waals surface area contributed by atoms with Crippen LogP contribution in [0.15, 0.2) is 0 Å². The van der Waals surface area contributed by atoms with Gasteiger partial charge in [0, 0.05) is 7.11 Å². The minimum atomic E-state index is -0.422. The summed E-state index contributed by atoms with van der Waals surface area (Å²) in [6.45, 7) is 4.24. The van der Waals surface area contributed by atoms with Crippen LogP contribution in [0, 0.1) is 17.2 Å². The van der Waals surface area contributed by atoms with Crippen LogP contribution < -0.4 is 0 Å². The number of methoxy groups -OCH3 is 1. The van der Waals surface area contributed by atoms with Gasteiger partial charge in [0.2, 0.25) is 0 Å². The normalized spacial score (nSPS) is 13.9. The molecule has 0 bridgehead atoms. The Kier molecular flexibility index (Phi) is 8.55. The van der Waals surface area contributed by atoms with Crippen molar-refractivity contribution in [2.75, 3.05) is 13.7 Å². The van der Waals surface area contributed by atoms with Crippen molar-refractivity contribution in [1.82, 2.24) is 0 Å². The molecule has 0 heterocycles. The molecule has 2 atom stereocenters. The van der Waals surface area contributed by atoms with E-state index in [2.05, 4.69) is 0 Å². The first-order valence-corrected chi connectivity index (χ1v) is 5.78. The maximum atomic E-state index is 11.6. The molecule has 0 aliphatic heterocycles. The zero-order valence-corrected chi connectivity index (χ0v) is 10.4. The van der Waals surface area contributed by atoms with Gasteiger partial charge in [-0.2, -0.15) is 5.26 Å². The highest BCUT2D eigenvalue weighted by Crippen LogP contribution is 2.17. The van der Waals surface area contributed by atoms with Gasteiger partial charge in [-0.25, -0.2) is 0 Å². The highest BCUT2D eigenvalue weighted by molar-refractivity contribution is 5.72. The molecule has 0 aromatic rings. The molecule has 4 nitrogen and oxygen atoms in total. The second-order valence-electron chi connectivity index (χ2n) is 3.67. The number of nitrogens with zero attached hydrogens (tertiary/aromatic N) is 1. The largest absolute Gasteiger partial charge is 0.466 e. The van der Waals surface area contributed by atoms with E-state index < -0.39 is 6.10 Å². The molecule has 0 aliphatic carbocycles. The monoisotopic (exact) mass is 227 g/mol. The maximum Gasteiger partial charge on any atom is 0.308 e. The Morgan fingerprint density at radius 2 is 2.00 bits per heavy atom. The summed E-state index contributed by atoms with van der Waals surface area (Å²) in [7, 11) is 1.51. The molecule has 4 heteroatoms. The fourth-order valence-corrected chi connectivity index (χ4v) is 1.58. The summed E-state index contributed by atoms with van der Waals surface area (Å²) < 4.78 is 9.95. The standard InChI is InChI=1S/C12H21NO3/c1-4-6-10(12(14)16-5-2)7-8-11(9-13)15-3/h10-11H,4-8H2,1-3H3. The van der Waals surface area contributed by atoms with Crippen LogP contribution in [0.2, 0.25) is 0 Å². The van der Waals surface area contributed by atoms with Crippen LogP contribution in [0.1, 0.15) is 39.5 Å². The molecule has 0 radical (unpaired) electrons. The Morgan fingerprint density at radius 1 is 1.31 bits per heavy atom. The molecule has 0 aromatic carbocycles. The second-order valence-corrected chi connectivity index (χ2v) is 3.67. The van der Waals surface area contributed by atoms with Crippen molar-refractivity contribution in [3.8, 4) is 6.07 Å².